The molecular weight excluding hydrogens is 230 g/mol. The zero-order valence-corrected chi connectivity index (χ0v) is 8.38. The van der Waals surface area contributed by atoms with Gasteiger partial charge in [-0.2, -0.15) is 12.0 Å². The van der Waals surface area contributed by atoms with Crippen molar-refractivity contribution in [1.82, 2.24) is 0 Å². The molecule has 1 aromatic rings. The highest BCUT2D eigenvalue weighted by molar-refractivity contribution is 7.96. The molecule has 0 saturated heterocycles. The van der Waals surface area contributed by atoms with E-state index in [9.17, 15) is 17.2 Å². The van der Waals surface area contributed by atoms with Crippen LogP contribution in [0.1, 0.15) is 0 Å². The molecule has 0 radical (unpaired) electrons. The quantitative estimate of drug-likeness (QED) is 0.751. The molecule has 0 spiro atoms. The van der Waals surface area contributed by atoms with Crippen molar-refractivity contribution in [2.75, 3.05) is 4.72 Å². The van der Waals surface area contributed by atoms with E-state index in [1.807, 2.05) is 4.72 Å². The van der Waals surface area contributed by atoms with E-state index in [2.05, 4.69) is 3.63 Å². The van der Waals surface area contributed by atoms with Crippen LogP contribution in [0.15, 0.2) is 30.3 Å². The molecule has 0 aliphatic heterocycles. The molecule has 1 unspecified atom stereocenters. The fourth-order valence-corrected chi connectivity index (χ4v) is 1.89. The Morgan fingerprint density at radius 1 is 1.29 bits per heavy atom. The maximum Gasteiger partial charge on any atom is 0.372 e. The fourth-order valence-electron chi connectivity index (χ4n) is 0.741. The van der Waals surface area contributed by atoms with Gasteiger partial charge >= 0.3 is 10.3 Å². The highest BCUT2D eigenvalue weighted by Crippen LogP contribution is 2.08. The Morgan fingerprint density at radius 3 is 2.36 bits per heavy atom. The highest BCUT2D eigenvalue weighted by atomic mass is 32.3. The summed E-state index contributed by atoms with van der Waals surface area (Å²) >= 11 is -3.11. The number of rotatable bonds is 4. The molecular formula is C6H6NO5S2-. The zero-order chi connectivity index (χ0) is 10.6. The molecule has 0 aromatic heterocycles. The van der Waals surface area contributed by atoms with Gasteiger partial charge in [-0.05, 0) is 12.1 Å². The van der Waals surface area contributed by atoms with Crippen molar-refractivity contribution in [2.45, 2.75) is 0 Å². The lowest BCUT2D eigenvalue weighted by Crippen LogP contribution is -2.17. The molecule has 0 bridgehead atoms. The largest absolute Gasteiger partial charge is 0.749 e. The van der Waals surface area contributed by atoms with Crippen LogP contribution in [-0.4, -0.2) is 17.2 Å². The summed E-state index contributed by atoms with van der Waals surface area (Å²) in [5.41, 5.74) is 0.220. The number of anilines is 1. The zero-order valence-electron chi connectivity index (χ0n) is 6.74. The van der Waals surface area contributed by atoms with E-state index in [-0.39, 0.29) is 5.69 Å². The van der Waals surface area contributed by atoms with E-state index in [0.717, 1.165) is 0 Å². The van der Waals surface area contributed by atoms with E-state index < -0.39 is 21.7 Å². The minimum Gasteiger partial charge on any atom is -0.749 e. The normalized spacial score (nSPS) is 13.5. The molecule has 14 heavy (non-hydrogen) atoms. The summed E-state index contributed by atoms with van der Waals surface area (Å²) in [4.78, 5) is 0. The van der Waals surface area contributed by atoms with Crippen LogP contribution < -0.4 is 4.72 Å². The van der Waals surface area contributed by atoms with Crippen LogP contribution in [0, 0.1) is 0 Å². The summed E-state index contributed by atoms with van der Waals surface area (Å²) in [5, 5.41) is 0. The summed E-state index contributed by atoms with van der Waals surface area (Å²) < 4.78 is 47.2. The second-order valence-electron chi connectivity index (χ2n) is 2.19. The Balaban J connectivity index is 2.74. The maximum atomic E-state index is 10.9. The molecule has 0 heterocycles. The average molecular weight is 236 g/mol. The lowest BCUT2D eigenvalue weighted by molar-refractivity contribution is 0.432. The molecule has 8 heteroatoms. The van der Waals surface area contributed by atoms with Gasteiger partial charge in [0.05, 0.1) is 5.69 Å². The third kappa shape index (κ3) is 3.83. The molecule has 0 saturated carbocycles. The lowest BCUT2D eigenvalue weighted by atomic mass is 10.3. The molecule has 6 nitrogen and oxygen atoms in total. The van der Waals surface area contributed by atoms with E-state index in [1.54, 1.807) is 18.2 Å². The Hall–Kier alpha value is -0.960. The molecule has 0 aliphatic rings. The molecule has 78 valence electrons. The molecule has 1 N–H and O–H groups in total. The number of benzene rings is 1. The van der Waals surface area contributed by atoms with E-state index in [0.29, 0.717) is 0 Å². The van der Waals surface area contributed by atoms with Gasteiger partial charge in [0.2, 0.25) is 0 Å². The first-order valence-electron chi connectivity index (χ1n) is 3.36. The van der Waals surface area contributed by atoms with Crippen molar-refractivity contribution in [3.63, 3.8) is 0 Å². The number of para-hydroxylation sites is 1. The van der Waals surface area contributed by atoms with Crippen molar-refractivity contribution in [2.24, 2.45) is 0 Å². The van der Waals surface area contributed by atoms with Crippen LogP contribution >= 0.6 is 0 Å². The molecule has 1 rings (SSSR count). The predicted octanol–water partition coefficient (Wildman–Crippen LogP) is 0.154. The van der Waals surface area contributed by atoms with Crippen LogP contribution in [0.25, 0.3) is 0 Å². The number of hydrogen-bond acceptors (Lipinski definition) is 5. The Kier molecular flexibility index (Phi) is 3.58. The molecule has 1 atom stereocenters. The van der Waals surface area contributed by atoms with Crippen molar-refractivity contribution in [3.05, 3.63) is 30.3 Å². The SMILES string of the molecule is O=S([O-])OS(=O)(=O)Nc1ccccc1. The minimum atomic E-state index is -4.30. The van der Waals surface area contributed by atoms with Gasteiger partial charge in [-0.25, -0.2) is 4.21 Å². The van der Waals surface area contributed by atoms with E-state index in [1.165, 1.54) is 12.1 Å². The second kappa shape index (κ2) is 4.51. The Morgan fingerprint density at radius 2 is 1.86 bits per heavy atom. The summed E-state index contributed by atoms with van der Waals surface area (Å²) in [6, 6.07) is 7.77. The average Bonchev–Trinajstić information content (AvgIpc) is 2.02. The fraction of sp³-hybridized carbons (Fsp3) is 0. The van der Waals surface area contributed by atoms with Crippen molar-refractivity contribution >= 4 is 27.4 Å². The Labute approximate surface area is 83.7 Å². The maximum absolute atomic E-state index is 10.9. The van der Waals surface area contributed by atoms with Crippen LogP contribution in [0.5, 0.6) is 0 Å². The van der Waals surface area contributed by atoms with Crippen LogP contribution in [0.4, 0.5) is 5.69 Å². The van der Waals surface area contributed by atoms with Gasteiger partial charge in [0.25, 0.3) is 0 Å². The lowest BCUT2D eigenvalue weighted by Gasteiger charge is -2.08. The van der Waals surface area contributed by atoms with Gasteiger partial charge in [-0.3, -0.25) is 4.72 Å². The third-order valence-corrected chi connectivity index (χ3v) is 2.81. The first kappa shape index (κ1) is 11.1. The number of nitrogens with one attached hydrogen (secondary N) is 1. The predicted molar refractivity (Wildman–Crippen MR) is 49.0 cm³/mol. The van der Waals surface area contributed by atoms with Gasteiger partial charge in [-0.15, -0.1) is 0 Å². The van der Waals surface area contributed by atoms with Crippen LogP contribution in [0.2, 0.25) is 0 Å². The van der Waals surface area contributed by atoms with Gasteiger partial charge in [-0.1, -0.05) is 18.2 Å². The van der Waals surface area contributed by atoms with Crippen LogP contribution in [-0.2, 0) is 25.3 Å². The summed E-state index contributed by atoms with van der Waals surface area (Å²) in [6.07, 6.45) is 0. The van der Waals surface area contributed by atoms with Crippen molar-refractivity contribution in [3.8, 4) is 0 Å². The van der Waals surface area contributed by atoms with Gasteiger partial charge in [0, 0.05) is 0 Å². The second-order valence-corrected chi connectivity index (χ2v) is 4.26. The third-order valence-electron chi connectivity index (χ3n) is 1.16. The minimum absolute atomic E-state index is 0.220. The van der Waals surface area contributed by atoms with Crippen molar-refractivity contribution < 1.29 is 20.8 Å². The number of hydrogen-bond donors (Lipinski definition) is 1. The smallest absolute Gasteiger partial charge is 0.372 e. The van der Waals surface area contributed by atoms with Crippen LogP contribution in [0.3, 0.4) is 0 Å². The van der Waals surface area contributed by atoms with E-state index >= 15 is 0 Å². The summed E-state index contributed by atoms with van der Waals surface area (Å²) in [6.45, 7) is 0. The van der Waals surface area contributed by atoms with E-state index in [4.69, 9.17) is 0 Å². The van der Waals surface area contributed by atoms with Gasteiger partial charge in [0.15, 0.2) is 0 Å². The monoisotopic (exact) mass is 236 g/mol. The first-order valence-corrected chi connectivity index (χ1v) is 5.77. The Bertz CT molecular complexity index is 415. The highest BCUT2D eigenvalue weighted by Gasteiger charge is 2.10. The molecule has 0 aliphatic carbocycles. The standard InChI is InChI=1S/C6H7NO5S2/c8-13(9)12-14(10,11)7-6-4-2-1-3-5-6/h1-5,7H,(H,8,9)/p-1. The van der Waals surface area contributed by atoms with Crippen molar-refractivity contribution in [1.29, 1.82) is 0 Å². The topological polar surface area (TPSA) is 95.5 Å². The summed E-state index contributed by atoms with van der Waals surface area (Å²) in [5.74, 6) is 0. The molecule has 0 amide bonds. The molecule has 1 aromatic carbocycles. The van der Waals surface area contributed by atoms with Gasteiger partial charge < -0.3 is 4.55 Å². The molecule has 0 fully saturated rings. The van der Waals surface area contributed by atoms with Gasteiger partial charge in [0.1, 0.15) is 11.4 Å². The summed E-state index contributed by atoms with van der Waals surface area (Å²) in [7, 11) is -4.30. The first-order chi connectivity index (χ1) is 6.49.